The minimum absolute atomic E-state index is 0.258. The number of carbonyl (C=O) groups is 1. The fourth-order valence-electron chi connectivity index (χ4n) is 1.54. The number of aryl methyl sites for hydroxylation is 1. The van der Waals surface area contributed by atoms with Gasteiger partial charge >= 0.3 is 5.97 Å². The lowest BCUT2D eigenvalue weighted by atomic mass is 10.3. The Balaban J connectivity index is 1.98. The van der Waals surface area contributed by atoms with Gasteiger partial charge in [0.2, 0.25) is 10.9 Å². The average Bonchev–Trinajstić information content (AvgIpc) is 3.03. The number of esters is 1. The Morgan fingerprint density at radius 2 is 2.35 bits per heavy atom. The van der Waals surface area contributed by atoms with Crippen molar-refractivity contribution in [1.29, 1.82) is 0 Å². The number of methoxy groups -OCH3 is 1. The Labute approximate surface area is 124 Å². The molecule has 0 saturated heterocycles. The summed E-state index contributed by atoms with van der Waals surface area (Å²) in [5.74, 6) is 1.12. The Kier molecular flexibility index (Phi) is 5.02. The van der Waals surface area contributed by atoms with Crippen LogP contribution in [0.5, 0.6) is 0 Å². The van der Waals surface area contributed by atoms with E-state index in [4.69, 9.17) is 4.42 Å². The molecule has 0 bridgehead atoms. The first-order chi connectivity index (χ1) is 9.63. The third kappa shape index (κ3) is 3.51. The molecule has 108 valence electrons. The third-order valence-corrected chi connectivity index (χ3v) is 4.45. The van der Waals surface area contributed by atoms with Crippen LogP contribution in [0.1, 0.15) is 28.8 Å². The molecule has 0 radical (unpaired) electrons. The summed E-state index contributed by atoms with van der Waals surface area (Å²) in [6, 6.07) is 1.84. The topological polar surface area (TPSA) is 77.2 Å². The Bertz CT molecular complexity index is 595. The zero-order chi connectivity index (χ0) is 14.5. The number of rotatable bonds is 6. The molecule has 0 amide bonds. The van der Waals surface area contributed by atoms with Crippen LogP contribution < -0.4 is 5.32 Å². The summed E-state index contributed by atoms with van der Waals surface area (Å²) >= 11 is 3.02. The molecule has 0 unspecified atom stereocenters. The second kappa shape index (κ2) is 6.76. The number of ether oxygens (including phenoxy) is 1. The van der Waals surface area contributed by atoms with Crippen LogP contribution >= 0.6 is 23.1 Å². The maximum Gasteiger partial charge on any atom is 0.374 e. The van der Waals surface area contributed by atoms with Crippen molar-refractivity contribution in [3.05, 3.63) is 23.2 Å². The minimum Gasteiger partial charge on any atom is -0.463 e. The number of thioether (sulfide) groups is 1. The Morgan fingerprint density at radius 1 is 1.55 bits per heavy atom. The number of nitrogens with zero attached hydrogens (tertiary/aromatic N) is 2. The number of nitrogens with one attached hydrogen (secondary N) is 1. The highest BCUT2D eigenvalue weighted by Gasteiger charge is 2.16. The van der Waals surface area contributed by atoms with E-state index in [1.165, 1.54) is 30.2 Å². The lowest BCUT2D eigenvalue weighted by Gasteiger charge is -1.95. The summed E-state index contributed by atoms with van der Waals surface area (Å²) in [7, 11) is 1.34. The third-order valence-electron chi connectivity index (χ3n) is 2.41. The maximum absolute atomic E-state index is 11.4. The molecule has 0 spiro atoms. The van der Waals surface area contributed by atoms with Gasteiger partial charge in [-0.1, -0.05) is 23.1 Å². The summed E-state index contributed by atoms with van der Waals surface area (Å²) in [6.07, 6.45) is 0. The first-order valence-electron chi connectivity index (χ1n) is 6.01. The van der Waals surface area contributed by atoms with Gasteiger partial charge in [0, 0.05) is 12.1 Å². The Hall–Kier alpha value is -1.54. The van der Waals surface area contributed by atoms with E-state index in [1.807, 2.05) is 19.9 Å². The summed E-state index contributed by atoms with van der Waals surface area (Å²) in [5.41, 5.74) is 0.776. The van der Waals surface area contributed by atoms with Gasteiger partial charge in [-0.2, -0.15) is 0 Å². The molecule has 8 heteroatoms. The van der Waals surface area contributed by atoms with Crippen molar-refractivity contribution in [2.45, 2.75) is 23.9 Å². The van der Waals surface area contributed by atoms with Gasteiger partial charge < -0.3 is 14.5 Å². The fraction of sp³-hybridized carbons (Fsp3) is 0.417. The molecule has 6 nitrogen and oxygen atoms in total. The van der Waals surface area contributed by atoms with Gasteiger partial charge in [0.15, 0.2) is 4.34 Å². The second-order valence-electron chi connectivity index (χ2n) is 3.91. The van der Waals surface area contributed by atoms with Gasteiger partial charge in [0.05, 0.1) is 12.9 Å². The Morgan fingerprint density at radius 3 is 3.05 bits per heavy atom. The lowest BCUT2D eigenvalue weighted by Crippen LogP contribution is -2.00. The van der Waals surface area contributed by atoms with Crippen LogP contribution in [0.3, 0.4) is 0 Å². The summed E-state index contributed by atoms with van der Waals surface area (Å²) in [6.45, 7) is 4.64. The molecule has 2 heterocycles. The van der Waals surface area contributed by atoms with Crippen molar-refractivity contribution < 1.29 is 13.9 Å². The molecule has 0 aromatic carbocycles. The largest absolute Gasteiger partial charge is 0.463 e. The van der Waals surface area contributed by atoms with Crippen LogP contribution in [-0.2, 0) is 10.5 Å². The molecular formula is C12H15N3O3S2. The van der Waals surface area contributed by atoms with Crippen LogP contribution in [-0.4, -0.2) is 29.8 Å². The van der Waals surface area contributed by atoms with Crippen LogP contribution in [0.4, 0.5) is 5.13 Å². The highest BCUT2D eigenvalue weighted by atomic mass is 32.2. The van der Waals surface area contributed by atoms with Gasteiger partial charge in [0.1, 0.15) is 5.76 Å². The molecule has 0 aliphatic heterocycles. The number of carbonyl (C=O) groups excluding carboxylic acids is 1. The van der Waals surface area contributed by atoms with E-state index in [2.05, 4.69) is 20.3 Å². The van der Waals surface area contributed by atoms with E-state index in [9.17, 15) is 4.79 Å². The molecule has 0 saturated carbocycles. The molecular weight excluding hydrogens is 298 g/mol. The average molecular weight is 313 g/mol. The molecule has 2 aromatic rings. The van der Waals surface area contributed by atoms with Gasteiger partial charge in [-0.05, 0) is 19.9 Å². The maximum atomic E-state index is 11.4. The number of anilines is 1. The number of furan rings is 1. The van der Waals surface area contributed by atoms with Crippen LogP contribution in [0.15, 0.2) is 14.8 Å². The molecule has 2 rings (SSSR count). The van der Waals surface area contributed by atoms with Gasteiger partial charge in [-0.15, -0.1) is 10.2 Å². The van der Waals surface area contributed by atoms with Crippen molar-refractivity contribution in [2.24, 2.45) is 0 Å². The first-order valence-corrected chi connectivity index (χ1v) is 7.82. The standard InChI is InChI=1S/C12H15N3O3S2/c1-4-13-11-14-15-12(20-11)19-6-8-5-7(2)9(18-8)10(16)17-3/h5H,4,6H2,1-3H3,(H,13,14). The molecule has 0 aliphatic carbocycles. The minimum atomic E-state index is -0.455. The summed E-state index contributed by atoms with van der Waals surface area (Å²) in [5, 5.41) is 12.0. The highest BCUT2D eigenvalue weighted by Crippen LogP contribution is 2.29. The quantitative estimate of drug-likeness (QED) is 0.649. The van der Waals surface area contributed by atoms with Crippen molar-refractivity contribution in [2.75, 3.05) is 19.0 Å². The molecule has 0 atom stereocenters. The SMILES string of the molecule is CCNc1nnc(SCc2cc(C)c(C(=O)OC)o2)s1. The number of hydrogen-bond donors (Lipinski definition) is 1. The molecule has 1 N–H and O–H groups in total. The van der Waals surface area contributed by atoms with Gasteiger partial charge in [0.25, 0.3) is 0 Å². The normalized spacial score (nSPS) is 10.6. The predicted molar refractivity (Wildman–Crippen MR) is 78.4 cm³/mol. The lowest BCUT2D eigenvalue weighted by molar-refractivity contribution is 0.0562. The monoisotopic (exact) mass is 313 g/mol. The molecule has 2 aromatic heterocycles. The van der Waals surface area contributed by atoms with E-state index < -0.39 is 5.97 Å². The van der Waals surface area contributed by atoms with Crippen molar-refractivity contribution in [1.82, 2.24) is 10.2 Å². The van der Waals surface area contributed by atoms with E-state index in [0.717, 1.165) is 21.6 Å². The second-order valence-corrected chi connectivity index (χ2v) is 6.11. The fourth-order valence-corrected chi connectivity index (χ4v) is 3.24. The summed E-state index contributed by atoms with van der Waals surface area (Å²) < 4.78 is 11.0. The van der Waals surface area contributed by atoms with E-state index in [-0.39, 0.29) is 5.76 Å². The number of aromatic nitrogens is 2. The van der Waals surface area contributed by atoms with Crippen LogP contribution in [0, 0.1) is 6.92 Å². The molecule has 20 heavy (non-hydrogen) atoms. The molecule has 0 fully saturated rings. The zero-order valence-corrected chi connectivity index (χ0v) is 13.1. The van der Waals surface area contributed by atoms with Gasteiger partial charge in [-0.3, -0.25) is 0 Å². The van der Waals surface area contributed by atoms with E-state index in [0.29, 0.717) is 11.5 Å². The predicted octanol–water partition coefficient (Wildman–Crippen LogP) is 2.95. The zero-order valence-electron chi connectivity index (χ0n) is 11.4. The molecule has 0 aliphatic rings. The van der Waals surface area contributed by atoms with Crippen LogP contribution in [0.2, 0.25) is 0 Å². The number of hydrogen-bond acceptors (Lipinski definition) is 8. The van der Waals surface area contributed by atoms with E-state index in [1.54, 1.807) is 0 Å². The first kappa shape index (κ1) is 14.9. The summed E-state index contributed by atoms with van der Waals surface area (Å²) in [4.78, 5) is 11.4. The smallest absolute Gasteiger partial charge is 0.374 e. The van der Waals surface area contributed by atoms with E-state index >= 15 is 0 Å². The van der Waals surface area contributed by atoms with Crippen molar-refractivity contribution in [3.8, 4) is 0 Å². The van der Waals surface area contributed by atoms with Crippen molar-refractivity contribution >= 4 is 34.2 Å². The highest BCUT2D eigenvalue weighted by molar-refractivity contribution is 8.00. The van der Waals surface area contributed by atoms with Crippen molar-refractivity contribution in [3.63, 3.8) is 0 Å². The van der Waals surface area contributed by atoms with Gasteiger partial charge in [-0.25, -0.2) is 4.79 Å². The van der Waals surface area contributed by atoms with Crippen LogP contribution in [0.25, 0.3) is 0 Å².